The van der Waals surface area contributed by atoms with Crippen LogP contribution in [0.1, 0.15) is 46.0 Å². The lowest BCUT2D eigenvalue weighted by Gasteiger charge is -2.28. The van der Waals surface area contributed by atoms with E-state index in [0.29, 0.717) is 25.4 Å². The van der Waals surface area contributed by atoms with E-state index < -0.39 is 0 Å². The Morgan fingerprint density at radius 2 is 2.36 bits per heavy atom. The summed E-state index contributed by atoms with van der Waals surface area (Å²) in [4.78, 5) is 14.3. The molecule has 0 aromatic carbocycles. The minimum Gasteiger partial charge on any atom is -0.392 e. The molecule has 0 aliphatic carbocycles. The summed E-state index contributed by atoms with van der Waals surface area (Å²) in [6.45, 7) is 6.54. The summed E-state index contributed by atoms with van der Waals surface area (Å²) in [5, 5.41) is 23.5. The number of hydrogen-bond acceptors (Lipinski definition) is 6. The molecule has 2 aromatic rings. The van der Waals surface area contributed by atoms with Gasteiger partial charge in [-0.3, -0.25) is 14.8 Å². The summed E-state index contributed by atoms with van der Waals surface area (Å²) >= 11 is 0. The molecule has 25 heavy (non-hydrogen) atoms. The van der Waals surface area contributed by atoms with E-state index in [0.717, 1.165) is 42.8 Å². The number of H-pyrrole nitrogens is 1. The number of piperidine rings is 1. The number of carbonyl (C=O) groups excluding carboxylic acids is 1. The first-order valence-corrected chi connectivity index (χ1v) is 8.67. The smallest absolute Gasteiger partial charge is 0.273 e. The number of nitrogens with zero attached hydrogens (tertiary/aromatic N) is 3. The van der Waals surface area contributed by atoms with Gasteiger partial charge in [-0.15, -0.1) is 0 Å². The van der Waals surface area contributed by atoms with Crippen LogP contribution in [0.4, 0.5) is 0 Å². The second-order valence-corrected chi connectivity index (χ2v) is 6.63. The minimum atomic E-state index is -0.283. The molecule has 3 heterocycles. The van der Waals surface area contributed by atoms with Gasteiger partial charge < -0.3 is 14.9 Å². The molecule has 3 rings (SSSR count). The molecule has 1 atom stereocenters. The van der Waals surface area contributed by atoms with Crippen LogP contribution in [0.25, 0.3) is 0 Å². The van der Waals surface area contributed by atoms with Crippen LogP contribution < -0.4 is 5.32 Å². The molecule has 136 valence electrons. The van der Waals surface area contributed by atoms with Crippen molar-refractivity contribution in [1.29, 1.82) is 0 Å². The molecule has 1 unspecified atom stereocenters. The fourth-order valence-electron chi connectivity index (χ4n) is 3.22. The number of rotatable bonds is 6. The van der Waals surface area contributed by atoms with Crippen molar-refractivity contribution in [3.63, 3.8) is 0 Å². The highest BCUT2D eigenvalue weighted by Crippen LogP contribution is 2.14. The highest BCUT2D eigenvalue weighted by atomic mass is 16.5. The van der Waals surface area contributed by atoms with E-state index >= 15 is 0 Å². The minimum absolute atomic E-state index is 0.243. The van der Waals surface area contributed by atoms with Crippen LogP contribution in [0.15, 0.2) is 10.6 Å². The van der Waals surface area contributed by atoms with Gasteiger partial charge in [-0.25, -0.2) is 0 Å². The van der Waals surface area contributed by atoms with Gasteiger partial charge in [0.1, 0.15) is 0 Å². The molecule has 1 aliphatic heterocycles. The van der Waals surface area contributed by atoms with E-state index in [4.69, 9.17) is 4.52 Å². The quantitative estimate of drug-likeness (QED) is 0.718. The van der Waals surface area contributed by atoms with Crippen molar-refractivity contribution in [1.82, 2.24) is 25.6 Å². The third kappa shape index (κ3) is 4.46. The maximum atomic E-state index is 12.2. The maximum Gasteiger partial charge on any atom is 0.273 e. The van der Waals surface area contributed by atoms with E-state index in [2.05, 4.69) is 25.6 Å². The Hall–Kier alpha value is -2.19. The molecule has 8 nitrogen and oxygen atoms in total. The van der Waals surface area contributed by atoms with Gasteiger partial charge in [-0.1, -0.05) is 5.16 Å². The summed E-state index contributed by atoms with van der Waals surface area (Å²) < 4.78 is 5.27. The van der Waals surface area contributed by atoms with Crippen molar-refractivity contribution in [2.45, 2.75) is 45.8 Å². The second-order valence-electron chi connectivity index (χ2n) is 6.63. The van der Waals surface area contributed by atoms with Crippen molar-refractivity contribution in [3.05, 3.63) is 34.5 Å². The Balaban J connectivity index is 1.49. The van der Waals surface area contributed by atoms with Crippen molar-refractivity contribution < 1.29 is 14.4 Å². The molecule has 8 heteroatoms. The molecule has 0 saturated carbocycles. The first-order chi connectivity index (χ1) is 12.0. The maximum absolute atomic E-state index is 12.2. The molecule has 3 N–H and O–H groups in total. The number of β-amino-alcohol motifs (C(OH)–C–C–N with tert-alkyl or cyclic N) is 1. The first-order valence-electron chi connectivity index (χ1n) is 8.67. The number of aryl methyl sites for hydroxylation is 2. The van der Waals surface area contributed by atoms with Crippen molar-refractivity contribution in [3.8, 4) is 0 Å². The van der Waals surface area contributed by atoms with Crippen molar-refractivity contribution in [2.24, 2.45) is 0 Å². The third-order valence-corrected chi connectivity index (χ3v) is 4.59. The van der Waals surface area contributed by atoms with Gasteiger partial charge in [0.2, 0.25) is 0 Å². The lowest BCUT2D eigenvalue weighted by Crippen LogP contribution is -2.37. The number of carbonyl (C=O) groups is 1. The fourth-order valence-corrected chi connectivity index (χ4v) is 3.22. The van der Waals surface area contributed by atoms with Crippen molar-refractivity contribution >= 4 is 5.91 Å². The number of amides is 1. The molecular formula is C17H25N5O3. The normalized spacial score (nSPS) is 18.4. The molecule has 1 fully saturated rings. The third-order valence-electron chi connectivity index (χ3n) is 4.59. The number of aromatic nitrogens is 3. The first kappa shape index (κ1) is 17.6. The Bertz CT molecular complexity index is 704. The lowest BCUT2D eigenvalue weighted by atomic mass is 10.1. The van der Waals surface area contributed by atoms with E-state index in [1.165, 1.54) is 0 Å². The molecule has 0 spiro atoms. The summed E-state index contributed by atoms with van der Waals surface area (Å²) in [5.41, 5.74) is 3.40. The Morgan fingerprint density at radius 3 is 3.08 bits per heavy atom. The number of aliphatic hydroxyl groups is 1. The average molecular weight is 347 g/mol. The molecule has 0 radical (unpaired) electrons. The summed E-state index contributed by atoms with van der Waals surface area (Å²) in [6, 6.07) is 1.67. The zero-order valence-corrected chi connectivity index (χ0v) is 14.7. The van der Waals surface area contributed by atoms with E-state index in [1.807, 2.05) is 13.8 Å². The Labute approximate surface area is 146 Å². The van der Waals surface area contributed by atoms with Crippen LogP contribution in [0, 0.1) is 13.8 Å². The molecule has 2 aromatic heterocycles. The fraction of sp³-hybridized carbons (Fsp3) is 0.588. The zero-order chi connectivity index (χ0) is 17.8. The monoisotopic (exact) mass is 347 g/mol. The average Bonchev–Trinajstić information content (AvgIpc) is 3.16. The predicted octanol–water partition coefficient (Wildman–Crippen LogP) is 0.944. The van der Waals surface area contributed by atoms with Crippen LogP contribution in [0.5, 0.6) is 0 Å². The molecule has 1 aliphatic rings. The SMILES string of the molecule is Cc1n[nH]c(C)c1CCNC(=O)c1cc(CN2CCCC(O)C2)on1. The summed E-state index contributed by atoms with van der Waals surface area (Å²) in [7, 11) is 0. The highest BCUT2D eigenvalue weighted by molar-refractivity contribution is 5.92. The Morgan fingerprint density at radius 1 is 1.52 bits per heavy atom. The standard InChI is InChI=1S/C17H25N5O3/c1-11-15(12(2)20-19-11)5-6-18-17(24)16-8-14(25-21-16)10-22-7-3-4-13(23)9-22/h8,13,23H,3-7,9-10H2,1-2H3,(H,18,24)(H,19,20). The van der Waals surface area contributed by atoms with Gasteiger partial charge in [-0.05, 0) is 45.2 Å². The topological polar surface area (TPSA) is 107 Å². The number of nitrogens with one attached hydrogen (secondary N) is 2. The molecule has 0 bridgehead atoms. The largest absolute Gasteiger partial charge is 0.392 e. The Kier molecular flexibility index (Phi) is 5.50. The van der Waals surface area contributed by atoms with Crippen LogP contribution in [0.3, 0.4) is 0 Å². The molecule has 1 amide bonds. The van der Waals surface area contributed by atoms with Crippen LogP contribution in [-0.4, -0.2) is 57.0 Å². The number of aliphatic hydroxyl groups excluding tert-OH is 1. The van der Waals surface area contributed by atoms with Gasteiger partial charge >= 0.3 is 0 Å². The van der Waals surface area contributed by atoms with E-state index in [-0.39, 0.29) is 17.7 Å². The number of aromatic amines is 1. The van der Waals surface area contributed by atoms with E-state index in [9.17, 15) is 9.90 Å². The summed E-state index contributed by atoms with van der Waals surface area (Å²) in [5.74, 6) is 0.397. The number of hydrogen-bond donors (Lipinski definition) is 3. The van der Waals surface area contributed by atoms with Crippen LogP contribution in [-0.2, 0) is 13.0 Å². The van der Waals surface area contributed by atoms with Gasteiger partial charge in [0, 0.05) is 24.8 Å². The van der Waals surface area contributed by atoms with Gasteiger partial charge in [-0.2, -0.15) is 5.10 Å². The van der Waals surface area contributed by atoms with Gasteiger partial charge in [0.25, 0.3) is 5.91 Å². The number of likely N-dealkylation sites (tertiary alicyclic amines) is 1. The summed E-state index contributed by atoms with van der Waals surface area (Å²) in [6.07, 6.45) is 2.25. The second kappa shape index (κ2) is 7.79. The van der Waals surface area contributed by atoms with Crippen LogP contribution in [0.2, 0.25) is 0 Å². The van der Waals surface area contributed by atoms with Crippen LogP contribution >= 0.6 is 0 Å². The lowest BCUT2D eigenvalue weighted by molar-refractivity contribution is 0.0622. The van der Waals surface area contributed by atoms with Gasteiger partial charge in [0.05, 0.1) is 18.3 Å². The molecule has 1 saturated heterocycles. The van der Waals surface area contributed by atoms with E-state index in [1.54, 1.807) is 6.07 Å². The van der Waals surface area contributed by atoms with Gasteiger partial charge in [0.15, 0.2) is 11.5 Å². The zero-order valence-electron chi connectivity index (χ0n) is 14.7. The van der Waals surface area contributed by atoms with Crippen molar-refractivity contribution in [2.75, 3.05) is 19.6 Å². The highest BCUT2D eigenvalue weighted by Gasteiger charge is 2.20. The predicted molar refractivity (Wildman–Crippen MR) is 91.1 cm³/mol. The molecular weight excluding hydrogens is 322 g/mol.